The molecule has 0 heterocycles. The maximum atomic E-state index is 12.5. The molecular weight excluding hydrogens is 522 g/mol. The van der Waals surface area contributed by atoms with Gasteiger partial charge in [-0.25, -0.2) is 9.59 Å². The maximum absolute atomic E-state index is 12.5. The Labute approximate surface area is 191 Å². The summed E-state index contributed by atoms with van der Waals surface area (Å²) in [5.74, 6) is -1.10. The molecule has 160 valence electrons. The van der Waals surface area contributed by atoms with Crippen LogP contribution in [0.15, 0.2) is 63.6 Å². The third-order valence-electron chi connectivity index (χ3n) is 4.14. The molecule has 2 aromatic carbocycles. The van der Waals surface area contributed by atoms with Gasteiger partial charge in [0.1, 0.15) is 5.75 Å². The number of phenols is 1. The second-order valence-corrected chi connectivity index (χ2v) is 8.08. The van der Waals surface area contributed by atoms with Gasteiger partial charge in [-0.05, 0) is 55.3 Å². The number of halogens is 2. The van der Waals surface area contributed by atoms with Crippen LogP contribution in [0.3, 0.4) is 0 Å². The van der Waals surface area contributed by atoms with E-state index in [1.807, 2.05) is 0 Å². The van der Waals surface area contributed by atoms with Gasteiger partial charge in [-0.15, -0.1) is 0 Å². The van der Waals surface area contributed by atoms with Crippen molar-refractivity contribution in [1.82, 2.24) is 0 Å². The zero-order valence-corrected chi connectivity index (χ0v) is 19.2. The Bertz CT molecular complexity index is 901. The number of aliphatic carboxylic acids is 1. The van der Waals surface area contributed by atoms with E-state index in [0.29, 0.717) is 28.6 Å². The Morgan fingerprint density at radius 2 is 1.80 bits per heavy atom. The molecule has 0 bridgehead atoms. The van der Waals surface area contributed by atoms with Gasteiger partial charge in [-0.1, -0.05) is 37.9 Å². The van der Waals surface area contributed by atoms with Gasteiger partial charge in [0.2, 0.25) is 0 Å². The quantitative estimate of drug-likeness (QED) is 0.354. The summed E-state index contributed by atoms with van der Waals surface area (Å²) < 4.78 is 12.7. The SMILES string of the molecule is CO[C@@H](CC/C=C/C(=O)O)[C@@H](OC(=O)Nc1ccc(Br)cc1)c1cc(Br)ccc1O. The van der Waals surface area contributed by atoms with E-state index in [2.05, 4.69) is 37.2 Å². The van der Waals surface area contributed by atoms with E-state index in [4.69, 9.17) is 14.6 Å². The molecule has 2 rings (SSSR count). The maximum Gasteiger partial charge on any atom is 0.412 e. The molecule has 0 aliphatic carbocycles. The largest absolute Gasteiger partial charge is 0.508 e. The van der Waals surface area contributed by atoms with Crippen LogP contribution in [0.4, 0.5) is 10.5 Å². The van der Waals surface area contributed by atoms with Crippen molar-refractivity contribution in [2.75, 3.05) is 12.4 Å². The predicted molar refractivity (Wildman–Crippen MR) is 120 cm³/mol. The number of allylic oxidation sites excluding steroid dienone is 1. The molecule has 0 saturated heterocycles. The normalized spacial score (nSPS) is 13.0. The smallest absolute Gasteiger partial charge is 0.412 e. The van der Waals surface area contributed by atoms with Crippen molar-refractivity contribution in [3.63, 3.8) is 0 Å². The average molecular weight is 543 g/mol. The number of carbonyl (C=O) groups is 2. The molecule has 7 nitrogen and oxygen atoms in total. The Kier molecular flexibility index (Phi) is 9.35. The van der Waals surface area contributed by atoms with Crippen LogP contribution in [0.5, 0.6) is 5.75 Å². The van der Waals surface area contributed by atoms with Gasteiger partial charge in [-0.3, -0.25) is 5.32 Å². The first-order valence-corrected chi connectivity index (χ1v) is 10.5. The highest BCUT2D eigenvalue weighted by molar-refractivity contribution is 9.10. The van der Waals surface area contributed by atoms with Crippen molar-refractivity contribution in [3.8, 4) is 5.75 Å². The number of anilines is 1. The second-order valence-electron chi connectivity index (χ2n) is 6.25. The molecule has 0 saturated carbocycles. The van der Waals surface area contributed by atoms with Gasteiger partial charge in [0.15, 0.2) is 6.10 Å². The highest BCUT2D eigenvalue weighted by Gasteiger charge is 2.29. The number of benzene rings is 2. The number of amides is 1. The number of nitrogens with one attached hydrogen (secondary N) is 1. The number of methoxy groups -OCH3 is 1. The fourth-order valence-corrected chi connectivity index (χ4v) is 3.37. The number of phenolic OH excluding ortho intramolecular Hbond substituents is 1. The number of carbonyl (C=O) groups excluding carboxylic acids is 1. The minimum Gasteiger partial charge on any atom is -0.508 e. The molecule has 1 amide bonds. The van der Waals surface area contributed by atoms with E-state index in [1.54, 1.807) is 36.4 Å². The lowest BCUT2D eigenvalue weighted by atomic mass is 9.99. The first kappa shape index (κ1) is 23.9. The monoisotopic (exact) mass is 541 g/mol. The van der Waals surface area contributed by atoms with Crippen LogP contribution >= 0.6 is 31.9 Å². The van der Waals surface area contributed by atoms with Crippen molar-refractivity contribution in [2.24, 2.45) is 0 Å². The molecule has 30 heavy (non-hydrogen) atoms. The molecule has 0 unspecified atom stereocenters. The lowest BCUT2D eigenvalue weighted by Crippen LogP contribution is -2.28. The van der Waals surface area contributed by atoms with Crippen LogP contribution in [-0.4, -0.2) is 35.5 Å². The van der Waals surface area contributed by atoms with Crippen LogP contribution in [0, 0.1) is 0 Å². The number of hydrogen-bond acceptors (Lipinski definition) is 5. The third-order valence-corrected chi connectivity index (χ3v) is 5.16. The fraction of sp³-hybridized carbons (Fsp3) is 0.238. The van der Waals surface area contributed by atoms with Crippen LogP contribution in [0.1, 0.15) is 24.5 Å². The van der Waals surface area contributed by atoms with Crippen LogP contribution in [0.2, 0.25) is 0 Å². The Morgan fingerprint density at radius 1 is 1.13 bits per heavy atom. The van der Waals surface area contributed by atoms with Crippen LogP contribution in [-0.2, 0) is 14.3 Å². The minimum atomic E-state index is -1.05. The first-order chi connectivity index (χ1) is 14.3. The summed E-state index contributed by atoms with van der Waals surface area (Å²) in [6.45, 7) is 0. The van der Waals surface area contributed by atoms with E-state index in [0.717, 1.165) is 10.5 Å². The second kappa shape index (κ2) is 11.7. The highest BCUT2D eigenvalue weighted by atomic mass is 79.9. The summed E-state index contributed by atoms with van der Waals surface area (Å²) in [5.41, 5.74) is 0.906. The molecule has 0 fully saturated rings. The van der Waals surface area contributed by atoms with E-state index in [1.165, 1.54) is 19.3 Å². The number of hydrogen-bond donors (Lipinski definition) is 3. The van der Waals surface area contributed by atoms with Gasteiger partial charge >= 0.3 is 12.1 Å². The van der Waals surface area contributed by atoms with E-state index >= 15 is 0 Å². The van der Waals surface area contributed by atoms with Crippen molar-refractivity contribution in [3.05, 3.63) is 69.1 Å². The lowest BCUT2D eigenvalue weighted by Gasteiger charge is -2.27. The Hall–Kier alpha value is -2.36. The molecule has 2 atom stereocenters. The molecule has 0 radical (unpaired) electrons. The van der Waals surface area contributed by atoms with Crippen molar-refractivity contribution in [1.29, 1.82) is 0 Å². The average Bonchev–Trinajstić information content (AvgIpc) is 2.70. The molecule has 3 N–H and O–H groups in total. The summed E-state index contributed by atoms with van der Waals surface area (Å²) in [7, 11) is 1.46. The van der Waals surface area contributed by atoms with E-state index in [9.17, 15) is 14.7 Å². The topological polar surface area (TPSA) is 105 Å². The van der Waals surface area contributed by atoms with Crippen LogP contribution < -0.4 is 5.32 Å². The first-order valence-electron chi connectivity index (χ1n) is 8.94. The zero-order chi connectivity index (χ0) is 22.1. The number of carboxylic acids is 1. The molecule has 0 spiro atoms. The summed E-state index contributed by atoms with van der Waals surface area (Å²) in [6, 6.07) is 11.8. The zero-order valence-electron chi connectivity index (χ0n) is 16.0. The van der Waals surface area contributed by atoms with Gasteiger partial charge in [0.25, 0.3) is 0 Å². The summed E-state index contributed by atoms with van der Waals surface area (Å²) >= 11 is 6.68. The molecule has 0 aliphatic rings. The van der Waals surface area contributed by atoms with Gasteiger partial charge in [0, 0.05) is 33.4 Å². The third kappa shape index (κ3) is 7.47. The lowest BCUT2D eigenvalue weighted by molar-refractivity contribution is -0.131. The summed E-state index contributed by atoms with van der Waals surface area (Å²) in [6.07, 6.45) is 1.01. The number of aromatic hydroxyl groups is 1. The van der Waals surface area contributed by atoms with Crippen molar-refractivity contribution < 1.29 is 29.3 Å². The van der Waals surface area contributed by atoms with Crippen molar-refractivity contribution in [2.45, 2.75) is 25.0 Å². The van der Waals surface area contributed by atoms with Gasteiger partial charge in [-0.2, -0.15) is 0 Å². The van der Waals surface area contributed by atoms with E-state index < -0.39 is 24.3 Å². The van der Waals surface area contributed by atoms with Gasteiger partial charge in [0.05, 0.1) is 6.10 Å². The highest BCUT2D eigenvalue weighted by Crippen LogP contribution is 2.35. The summed E-state index contributed by atoms with van der Waals surface area (Å²) in [5, 5.41) is 21.7. The van der Waals surface area contributed by atoms with Crippen LogP contribution in [0.25, 0.3) is 0 Å². The molecule has 0 aromatic heterocycles. The van der Waals surface area contributed by atoms with Crippen molar-refractivity contribution >= 4 is 49.6 Å². The van der Waals surface area contributed by atoms with E-state index in [-0.39, 0.29) is 5.75 Å². The predicted octanol–water partition coefficient (Wildman–Crippen LogP) is 5.64. The number of ether oxygens (including phenoxy) is 2. The van der Waals surface area contributed by atoms with Gasteiger partial charge < -0.3 is 19.7 Å². The molecular formula is C21H21Br2NO6. The molecule has 0 aliphatic heterocycles. The Morgan fingerprint density at radius 3 is 2.43 bits per heavy atom. The minimum absolute atomic E-state index is 0.0530. The summed E-state index contributed by atoms with van der Waals surface area (Å²) in [4.78, 5) is 23.2. The number of rotatable bonds is 9. The molecule has 2 aromatic rings. The fourth-order valence-electron chi connectivity index (χ4n) is 2.73. The Balaban J connectivity index is 2.23. The number of carboxylic acid groups (broad SMARTS) is 1. The molecule has 9 heteroatoms. The standard InChI is InChI=1S/C21H21Br2NO6/c1-29-18(4-2-3-5-19(26)27)20(16-12-14(23)8-11-17(16)25)30-21(28)24-15-9-6-13(22)7-10-15/h3,5-12,18,20,25H,2,4H2,1H3,(H,24,28)(H,26,27)/b5-3+/t18-,20-/m0/s1.